The van der Waals surface area contributed by atoms with Gasteiger partial charge in [0.25, 0.3) is 0 Å². The molecule has 1 saturated carbocycles. The van der Waals surface area contributed by atoms with Crippen molar-refractivity contribution >= 4 is 28.6 Å². The lowest BCUT2D eigenvalue weighted by atomic mass is 10.3. The summed E-state index contributed by atoms with van der Waals surface area (Å²) in [6.45, 7) is 2.89. The zero-order valence-corrected chi connectivity index (χ0v) is 11.8. The summed E-state index contributed by atoms with van der Waals surface area (Å²) >= 11 is 2.25. The van der Waals surface area contributed by atoms with Crippen molar-refractivity contribution < 1.29 is 14.3 Å². The second-order valence-corrected chi connectivity index (χ2v) is 5.36. The molecule has 0 spiro atoms. The number of hydrogen-bond donors (Lipinski definition) is 0. The van der Waals surface area contributed by atoms with Crippen LogP contribution in [0.3, 0.4) is 0 Å². The number of carbonyl (C=O) groups excluding carboxylic acids is 1. The lowest BCUT2D eigenvalue weighted by Crippen LogP contribution is -2.10. The molecule has 92 valence electrons. The Kier molecular flexibility index (Phi) is 4.25. The predicted octanol–water partition coefficient (Wildman–Crippen LogP) is 2.87. The van der Waals surface area contributed by atoms with Gasteiger partial charge >= 0.3 is 5.97 Å². The summed E-state index contributed by atoms with van der Waals surface area (Å²) in [5.74, 6) is 1.16. The highest BCUT2D eigenvalue weighted by Crippen LogP contribution is 2.39. The van der Waals surface area contributed by atoms with Crippen LogP contribution in [0.5, 0.6) is 5.75 Å². The Morgan fingerprint density at radius 1 is 1.41 bits per heavy atom. The molecule has 1 aliphatic rings. The fraction of sp³-hybridized carbons (Fsp3) is 0.462. The lowest BCUT2D eigenvalue weighted by molar-refractivity contribution is -0.145. The van der Waals surface area contributed by atoms with Crippen molar-refractivity contribution in [3.63, 3.8) is 0 Å². The Morgan fingerprint density at radius 2 is 2.12 bits per heavy atom. The van der Waals surface area contributed by atoms with E-state index in [4.69, 9.17) is 9.47 Å². The van der Waals surface area contributed by atoms with Gasteiger partial charge in [0.2, 0.25) is 0 Å². The minimum absolute atomic E-state index is 0.0544. The largest absolute Gasteiger partial charge is 0.493 e. The van der Waals surface area contributed by atoms with E-state index in [0.717, 1.165) is 12.2 Å². The SMILES string of the molecule is CCOC(=O)C1CC1COc1ccc(I)cc1. The normalized spacial score (nSPS) is 22.0. The number of benzene rings is 1. The van der Waals surface area contributed by atoms with Crippen LogP contribution < -0.4 is 4.74 Å². The van der Waals surface area contributed by atoms with E-state index in [1.54, 1.807) is 0 Å². The first kappa shape index (κ1) is 12.7. The summed E-state index contributed by atoms with van der Waals surface area (Å²) in [7, 11) is 0. The van der Waals surface area contributed by atoms with Gasteiger partial charge in [0.1, 0.15) is 5.75 Å². The average molecular weight is 346 g/mol. The van der Waals surface area contributed by atoms with Gasteiger partial charge in [0, 0.05) is 9.49 Å². The van der Waals surface area contributed by atoms with Crippen molar-refractivity contribution in [1.82, 2.24) is 0 Å². The second kappa shape index (κ2) is 5.71. The maximum absolute atomic E-state index is 11.4. The van der Waals surface area contributed by atoms with Crippen molar-refractivity contribution in [1.29, 1.82) is 0 Å². The van der Waals surface area contributed by atoms with E-state index in [1.165, 1.54) is 3.57 Å². The fourth-order valence-corrected chi connectivity index (χ4v) is 2.06. The highest BCUT2D eigenvalue weighted by Gasteiger charge is 2.44. The molecule has 2 atom stereocenters. The number of carbonyl (C=O) groups is 1. The third-order valence-electron chi connectivity index (χ3n) is 2.79. The molecule has 2 rings (SSSR count). The predicted molar refractivity (Wildman–Crippen MR) is 72.9 cm³/mol. The van der Waals surface area contributed by atoms with Crippen molar-refractivity contribution in [3.8, 4) is 5.75 Å². The molecule has 0 amide bonds. The van der Waals surface area contributed by atoms with Crippen molar-refractivity contribution in [2.45, 2.75) is 13.3 Å². The third-order valence-corrected chi connectivity index (χ3v) is 3.51. The Bertz CT molecular complexity index is 388. The topological polar surface area (TPSA) is 35.5 Å². The molecule has 0 radical (unpaired) electrons. The molecule has 3 nitrogen and oxygen atoms in total. The van der Waals surface area contributed by atoms with Crippen LogP contribution in [-0.2, 0) is 9.53 Å². The quantitative estimate of drug-likeness (QED) is 0.608. The number of hydrogen-bond acceptors (Lipinski definition) is 3. The molecule has 2 unspecified atom stereocenters. The van der Waals surface area contributed by atoms with Crippen molar-refractivity contribution in [2.75, 3.05) is 13.2 Å². The summed E-state index contributed by atoms with van der Waals surface area (Å²) < 4.78 is 11.8. The molecule has 0 saturated heterocycles. The molecule has 0 aromatic heterocycles. The van der Waals surface area contributed by atoms with Gasteiger partial charge < -0.3 is 9.47 Å². The van der Waals surface area contributed by atoms with Gasteiger partial charge in [-0.1, -0.05) is 0 Å². The van der Waals surface area contributed by atoms with Crippen LogP contribution in [0.1, 0.15) is 13.3 Å². The average Bonchev–Trinajstić information content (AvgIpc) is 3.08. The second-order valence-electron chi connectivity index (χ2n) is 4.12. The standard InChI is InChI=1S/C13H15IO3/c1-2-16-13(15)12-7-9(12)8-17-11-5-3-10(14)4-6-11/h3-6,9,12H,2,7-8H2,1H3. The van der Waals surface area contributed by atoms with E-state index in [-0.39, 0.29) is 11.9 Å². The molecule has 0 N–H and O–H groups in total. The number of esters is 1. The molecular weight excluding hydrogens is 331 g/mol. The molecule has 1 aromatic rings. The Labute approximate surface area is 115 Å². The first-order valence-corrected chi connectivity index (χ1v) is 6.83. The molecule has 1 aromatic carbocycles. The van der Waals surface area contributed by atoms with Crippen LogP contribution in [0.4, 0.5) is 0 Å². The Hall–Kier alpha value is -0.780. The molecule has 0 heterocycles. The van der Waals surface area contributed by atoms with Gasteiger partial charge in [-0.05, 0) is 60.2 Å². The number of rotatable bonds is 5. The van der Waals surface area contributed by atoms with Crippen LogP contribution in [-0.4, -0.2) is 19.2 Å². The lowest BCUT2D eigenvalue weighted by Gasteiger charge is -2.05. The summed E-state index contributed by atoms with van der Waals surface area (Å²) in [4.78, 5) is 11.4. The first-order valence-electron chi connectivity index (χ1n) is 5.75. The third kappa shape index (κ3) is 3.59. The minimum Gasteiger partial charge on any atom is -0.493 e. The Balaban J connectivity index is 1.74. The van der Waals surface area contributed by atoms with E-state index >= 15 is 0 Å². The summed E-state index contributed by atoms with van der Waals surface area (Å²) in [5.41, 5.74) is 0. The summed E-state index contributed by atoms with van der Waals surface area (Å²) in [6, 6.07) is 7.91. The van der Waals surface area contributed by atoms with Crippen LogP contribution in [0.25, 0.3) is 0 Å². The van der Waals surface area contributed by atoms with E-state index in [9.17, 15) is 4.79 Å². The molecule has 17 heavy (non-hydrogen) atoms. The van der Waals surface area contributed by atoms with E-state index in [0.29, 0.717) is 19.1 Å². The van der Waals surface area contributed by atoms with Crippen molar-refractivity contribution in [2.24, 2.45) is 11.8 Å². The van der Waals surface area contributed by atoms with E-state index in [2.05, 4.69) is 22.6 Å². The van der Waals surface area contributed by atoms with Gasteiger partial charge in [-0.2, -0.15) is 0 Å². The van der Waals surface area contributed by atoms with Gasteiger partial charge in [-0.25, -0.2) is 0 Å². The maximum Gasteiger partial charge on any atom is 0.309 e. The van der Waals surface area contributed by atoms with E-state index < -0.39 is 0 Å². The van der Waals surface area contributed by atoms with Crippen LogP contribution in [0.15, 0.2) is 24.3 Å². The molecule has 0 bridgehead atoms. The maximum atomic E-state index is 11.4. The number of ether oxygens (including phenoxy) is 2. The van der Waals surface area contributed by atoms with Gasteiger partial charge in [0.15, 0.2) is 0 Å². The van der Waals surface area contributed by atoms with Crippen LogP contribution in [0, 0.1) is 15.4 Å². The molecule has 1 aliphatic carbocycles. The number of halogens is 1. The molecule has 1 fully saturated rings. The monoisotopic (exact) mass is 346 g/mol. The summed E-state index contributed by atoms with van der Waals surface area (Å²) in [6.07, 6.45) is 0.892. The highest BCUT2D eigenvalue weighted by atomic mass is 127. The van der Waals surface area contributed by atoms with Gasteiger partial charge in [0.05, 0.1) is 19.1 Å². The zero-order chi connectivity index (χ0) is 12.3. The minimum atomic E-state index is -0.0799. The zero-order valence-electron chi connectivity index (χ0n) is 9.69. The van der Waals surface area contributed by atoms with Gasteiger partial charge in [-0.15, -0.1) is 0 Å². The van der Waals surface area contributed by atoms with E-state index in [1.807, 2.05) is 31.2 Å². The molecular formula is C13H15IO3. The fourth-order valence-electron chi connectivity index (χ4n) is 1.70. The van der Waals surface area contributed by atoms with Crippen LogP contribution in [0.2, 0.25) is 0 Å². The first-order chi connectivity index (χ1) is 8.20. The molecule has 0 aliphatic heterocycles. The summed E-state index contributed by atoms with van der Waals surface area (Å²) in [5, 5.41) is 0. The smallest absolute Gasteiger partial charge is 0.309 e. The van der Waals surface area contributed by atoms with Gasteiger partial charge in [-0.3, -0.25) is 4.79 Å². The van der Waals surface area contributed by atoms with Crippen LogP contribution >= 0.6 is 22.6 Å². The highest BCUT2D eigenvalue weighted by molar-refractivity contribution is 14.1. The Morgan fingerprint density at radius 3 is 2.76 bits per heavy atom. The van der Waals surface area contributed by atoms with Crippen molar-refractivity contribution in [3.05, 3.63) is 27.8 Å². The molecule has 4 heteroatoms.